The lowest BCUT2D eigenvalue weighted by molar-refractivity contribution is 0.0633. The Morgan fingerprint density at radius 3 is 2.61 bits per heavy atom. The number of carbonyl (C=O) groups excluding carboxylic acids is 1. The van der Waals surface area contributed by atoms with E-state index in [0.29, 0.717) is 30.4 Å². The van der Waals surface area contributed by atoms with Crippen LogP contribution in [0.2, 0.25) is 0 Å². The zero-order valence-corrected chi connectivity index (χ0v) is 22.7. The lowest BCUT2D eigenvalue weighted by Gasteiger charge is -2.36. The predicted molar refractivity (Wildman–Crippen MR) is 151 cm³/mol. The number of methoxy groups -OCH3 is 2. The van der Waals surface area contributed by atoms with E-state index in [-0.39, 0.29) is 5.91 Å². The Kier molecular flexibility index (Phi) is 8.50. The number of aliphatic hydroxyl groups excluding tert-OH is 1. The summed E-state index contributed by atoms with van der Waals surface area (Å²) < 4.78 is 10.9. The van der Waals surface area contributed by atoms with Gasteiger partial charge in [-0.25, -0.2) is 0 Å². The summed E-state index contributed by atoms with van der Waals surface area (Å²) in [5, 5.41) is 13.5. The summed E-state index contributed by atoms with van der Waals surface area (Å²) in [4.78, 5) is 17.9. The average molecular weight is 517 g/mol. The molecule has 6 nitrogen and oxygen atoms in total. The second-order valence-corrected chi connectivity index (χ2v) is 10.8. The minimum absolute atomic E-state index is 0.0804. The third-order valence-corrected chi connectivity index (χ3v) is 8.16. The van der Waals surface area contributed by atoms with Crippen LogP contribution in [0.5, 0.6) is 11.5 Å². The number of likely N-dealkylation sites (tertiary alicyclic amines) is 1. The highest BCUT2D eigenvalue weighted by Gasteiger charge is 2.29. The number of carbonyl (C=O) groups is 1. The topological polar surface area (TPSA) is 62.2 Å². The van der Waals surface area contributed by atoms with E-state index >= 15 is 0 Å². The zero-order valence-electron chi connectivity index (χ0n) is 22.7. The third kappa shape index (κ3) is 5.97. The van der Waals surface area contributed by atoms with Gasteiger partial charge < -0.3 is 24.4 Å². The number of rotatable bonds is 8. The minimum Gasteiger partial charge on any atom is -0.493 e. The van der Waals surface area contributed by atoms with Gasteiger partial charge in [-0.15, -0.1) is 0 Å². The molecule has 2 heterocycles. The van der Waals surface area contributed by atoms with E-state index in [1.807, 2.05) is 17.0 Å². The Hall–Kier alpha value is -3.09. The summed E-state index contributed by atoms with van der Waals surface area (Å²) in [6, 6.07) is 18.5. The fourth-order valence-corrected chi connectivity index (χ4v) is 6.23. The van der Waals surface area contributed by atoms with Crippen molar-refractivity contribution in [2.45, 2.75) is 44.6 Å². The Labute approximate surface area is 226 Å². The van der Waals surface area contributed by atoms with Crippen LogP contribution < -0.4 is 9.47 Å². The Morgan fingerprint density at radius 2 is 1.76 bits per heavy atom. The average Bonchev–Trinajstić information content (AvgIpc) is 2.92. The number of β-amino-alcohol motifs (C(OH)–C–C–N with tert-alkyl or cyclic N) is 1. The molecule has 202 valence electrons. The monoisotopic (exact) mass is 516 g/mol. The van der Waals surface area contributed by atoms with Gasteiger partial charge in [-0.1, -0.05) is 55.3 Å². The maximum Gasteiger partial charge on any atom is 0.254 e. The number of fused-ring (bicyclic) bond motifs is 2. The van der Waals surface area contributed by atoms with Crippen LogP contribution >= 0.6 is 0 Å². The van der Waals surface area contributed by atoms with Crippen LogP contribution in [-0.4, -0.2) is 73.9 Å². The summed E-state index contributed by atoms with van der Waals surface area (Å²) in [5.41, 5.74) is 2.95. The van der Waals surface area contributed by atoms with Gasteiger partial charge in [-0.05, 0) is 65.8 Å². The van der Waals surface area contributed by atoms with Crippen LogP contribution in [0.4, 0.5) is 0 Å². The molecule has 0 bridgehead atoms. The summed E-state index contributed by atoms with van der Waals surface area (Å²) in [7, 11) is 3.23. The summed E-state index contributed by atoms with van der Waals surface area (Å²) in [5.74, 6) is 1.74. The molecular weight excluding hydrogens is 476 g/mol. The highest BCUT2D eigenvalue weighted by atomic mass is 16.5. The fraction of sp³-hybridized carbons (Fsp3) is 0.469. The molecule has 1 N–H and O–H groups in total. The lowest BCUT2D eigenvalue weighted by atomic mass is 9.93. The van der Waals surface area contributed by atoms with Crippen molar-refractivity contribution in [1.82, 2.24) is 9.80 Å². The van der Waals surface area contributed by atoms with Gasteiger partial charge in [-0.2, -0.15) is 0 Å². The normalized spacial score (nSPS) is 19.5. The van der Waals surface area contributed by atoms with Crippen LogP contribution in [0.1, 0.15) is 47.2 Å². The molecule has 5 rings (SSSR count). The number of hydrogen-bond acceptors (Lipinski definition) is 5. The fourth-order valence-electron chi connectivity index (χ4n) is 6.23. The summed E-state index contributed by atoms with van der Waals surface area (Å²) >= 11 is 0. The first kappa shape index (κ1) is 26.5. The van der Waals surface area contributed by atoms with E-state index < -0.39 is 6.10 Å². The molecule has 3 aromatic carbocycles. The molecule has 2 aliphatic heterocycles. The molecule has 1 saturated heterocycles. The summed E-state index contributed by atoms with van der Waals surface area (Å²) in [6.45, 7) is 4.05. The maximum atomic E-state index is 13.5. The van der Waals surface area contributed by atoms with Crippen molar-refractivity contribution in [3.63, 3.8) is 0 Å². The van der Waals surface area contributed by atoms with Gasteiger partial charge in [0, 0.05) is 38.2 Å². The van der Waals surface area contributed by atoms with E-state index in [9.17, 15) is 9.90 Å². The van der Waals surface area contributed by atoms with Gasteiger partial charge >= 0.3 is 0 Å². The number of hydrogen-bond donors (Lipinski definition) is 1. The number of ether oxygens (including phenoxy) is 2. The molecular formula is C32H40N2O4. The zero-order chi connectivity index (χ0) is 26.5. The molecule has 0 radical (unpaired) electrons. The maximum absolute atomic E-state index is 13.5. The van der Waals surface area contributed by atoms with E-state index in [4.69, 9.17) is 9.47 Å². The second kappa shape index (κ2) is 12.2. The molecule has 0 aromatic heterocycles. The van der Waals surface area contributed by atoms with Crippen molar-refractivity contribution in [2.24, 2.45) is 5.92 Å². The van der Waals surface area contributed by atoms with Crippen LogP contribution in [0, 0.1) is 5.92 Å². The van der Waals surface area contributed by atoms with Crippen molar-refractivity contribution in [3.8, 4) is 11.5 Å². The Morgan fingerprint density at radius 1 is 0.974 bits per heavy atom. The van der Waals surface area contributed by atoms with E-state index in [0.717, 1.165) is 56.6 Å². The number of nitrogens with zero attached hydrogens (tertiary/aromatic N) is 2. The number of aliphatic hydroxyl groups is 1. The minimum atomic E-state index is -0.424. The van der Waals surface area contributed by atoms with E-state index in [1.165, 1.54) is 29.2 Å². The number of benzene rings is 3. The summed E-state index contributed by atoms with van der Waals surface area (Å²) in [6.07, 6.45) is 5.70. The molecule has 2 aliphatic rings. The highest BCUT2D eigenvalue weighted by Crippen LogP contribution is 2.33. The standard InChI is InChI=1S/C32H40N2O4/c1-37-30-18-26-14-16-34(32(36)29(26)19-31(30)38-2)21-23-9-4-3-7-15-33(20-23)22-27(35)17-25-12-8-11-24-10-5-6-13-28(24)25/h5-6,8,10-13,18-19,23,27,35H,3-4,7,9,14-17,20-22H2,1-2H3. The first-order valence-electron chi connectivity index (χ1n) is 14.0. The van der Waals surface area contributed by atoms with Crippen molar-refractivity contribution in [2.75, 3.05) is 46.9 Å². The molecule has 0 aliphatic carbocycles. The van der Waals surface area contributed by atoms with Crippen LogP contribution in [0.3, 0.4) is 0 Å². The smallest absolute Gasteiger partial charge is 0.254 e. The van der Waals surface area contributed by atoms with Gasteiger partial charge in [0.25, 0.3) is 5.91 Å². The molecule has 6 heteroatoms. The first-order chi connectivity index (χ1) is 18.6. The Bertz CT molecular complexity index is 1250. The van der Waals surface area contributed by atoms with Crippen LogP contribution in [0.25, 0.3) is 10.8 Å². The molecule has 2 unspecified atom stereocenters. The first-order valence-corrected chi connectivity index (χ1v) is 14.0. The number of amides is 1. The van der Waals surface area contributed by atoms with Crippen LogP contribution in [-0.2, 0) is 12.8 Å². The van der Waals surface area contributed by atoms with Crippen molar-refractivity contribution in [1.29, 1.82) is 0 Å². The molecule has 0 saturated carbocycles. The third-order valence-electron chi connectivity index (χ3n) is 8.16. The molecule has 0 spiro atoms. The molecule has 3 aromatic rings. The van der Waals surface area contributed by atoms with Gasteiger partial charge in [0.2, 0.25) is 0 Å². The molecule has 1 fully saturated rings. The highest BCUT2D eigenvalue weighted by molar-refractivity contribution is 5.97. The lowest BCUT2D eigenvalue weighted by Crippen LogP contribution is -2.45. The van der Waals surface area contributed by atoms with Crippen molar-refractivity contribution in [3.05, 3.63) is 71.3 Å². The SMILES string of the molecule is COc1cc2c(cc1OC)C(=O)N(CC1CCCCCN(CC(O)Cc3cccc4ccccc34)C1)CC2. The molecule has 38 heavy (non-hydrogen) atoms. The van der Waals surface area contributed by atoms with Gasteiger partial charge in [0.1, 0.15) is 0 Å². The molecule has 1 amide bonds. The predicted octanol–water partition coefficient (Wildman–Crippen LogP) is 4.95. The Balaban J connectivity index is 1.24. The van der Waals surface area contributed by atoms with Gasteiger partial charge in [0.05, 0.1) is 20.3 Å². The second-order valence-electron chi connectivity index (χ2n) is 10.8. The largest absolute Gasteiger partial charge is 0.493 e. The van der Waals surface area contributed by atoms with Gasteiger partial charge in [-0.3, -0.25) is 4.79 Å². The van der Waals surface area contributed by atoms with E-state index in [2.05, 4.69) is 47.4 Å². The van der Waals surface area contributed by atoms with Crippen molar-refractivity contribution >= 4 is 16.7 Å². The van der Waals surface area contributed by atoms with E-state index in [1.54, 1.807) is 14.2 Å². The van der Waals surface area contributed by atoms with Crippen LogP contribution in [0.15, 0.2) is 54.6 Å². The van der Waals surface area contributed by atoms with Gasteiger partial charge in [0.15, 0.2) is 11.5 Å². The quantitative estimate of drug-likeness (QED) is 0.459. The van der Waals surface area contributed by atoms with Crippen molar-refractivity contribution < 1.29 is 19.4 Å². The molecule has 2 atom stereocenters.